The van der Waals surface area contributed by atoms with E-state index in [1.54, 1.807) is 0 Å². The molecular weight excluding hydrogens is 488 g/mol. The van der Waals surface area contributed by atoms with E-state index in [0.717, 1.165) is 122 Å². The van der Waals surface area contributed by atoms with Crippen molar-refractivity contribution in [2.24, 2.45) is 41.4 Å². The number of hydrogen-bond donors (Lipinski definition) is 0. The van der Waals surface area contributed by atoms with Crippen LogP contribution in [0.1, 0.15) is 129 Å². The number of hydrogen-bond acceptors (Lipinski definition) is 1. The van der Waals surface area contributed by atoms with Crippen LogP contribution in [0.15, 0.2) is 0 Å². The summed E-state index contributed by atoms with van der Waals surface area (Å²) < 4.78 is 66.2. The third kappa shape index (κ3) is 7.69. The summed E-state index contributed by atoms with van der Waals surface area (Å²) in [5.41, 5.74) is 0. The molecule has 0 aromatic rings. The van der Waals surface area contributed by atoms with Gasteiger partial charge in [-0.25, -0.2) is 17.6 Å². The maximum absolute atomic E-state index is 15.4. The van der Waals surface area contributed by atoms with Crippen molar-refractivity contribution in [2.45, 2.75) is 160 Å². The highest BCUT2D eigenvalue weighted by atomic mass is 19.2. The quantitative estimate of drug-likeness (QED) is 0.186. The van der Waals surface area contributed by atoms with Gasteiger partial charge in [0.15, 0.2) is 0 Å². The topological polar surface area (TPSA) is 9.23 Å². The molecule has 4 saturated carbocycles. The van der Waals surface area contributed by atoms with Crippen molar-refractivity contribution in [2.75, 3.05) is 6.61 Å². The van der Waals surface area contributed by atoms with Gasteiger partial charge in [0.1, 0.15) is 24.7 Å². The van der Waals surface area contributed by atoms with Crippen LogP contribution >= 0.6 is 0 Å². The van der Waals surface area contributed by atoms with E-state index in [0.29, 0.717) is 17.9 Å². The minimum absolute atomic E-state index is 0.0867. The van der Waals surface area contributed by atoms with Gasteiger partial charge in [0.2, 0.25) is 0 Å². The fourth-order valence-electron chi connectivity index (χ4n) is 8.97. The van der Waals surface area contributed by atoms with Gasteiger partial charge in [0.25, 0.3) is 0 Å². The Kier molecular flexibility index (Phi) is 12.1. The Labute approximate surface area is 230 Å². The zero-order chi connectivity index (χ0) is 27.1. The van der Waals surface area contributed by atoms with Crippen LogP contribution in [0.25, 0.3) is 0 Å². The zero-order valence-electron chi connectivity index (χ0n) is 24.3. The first-order valence-corrected chi connectivity index (χ1v) is 16.6. The van der Waals surface area contributed by atoms with Gasteiger partial charge < -0.3 is 4.74 Å². The largest absolute Gasteiger partial charge is 0.379 e. The minimum Gasteiger partial charge on any atom is -0.379 e. The first-order valence-electron chi connectivity index (χ1n) is 16.6. The fourth-order valence-corrected chi connectivity index (χ4v) is 8.97. The van der Waals surface area contributed by atoms with Crippen LogP contribution in [0.5, 0.6) is 0 Å². The second kappa shape index (κ2) is 15.1. The van der Waals surface area contributed by atoms with E-state index in [4.69, 9.17) is 4.74 Å². The summed E-state index contributed by atoms with van der Waals surface area (Å²) in [7, 11) is 0. The highest BCUT2D eigenvalue weighted by Gasteiger charge is 2.47. The summed E-state index contributed by atoms with van der Waals surface area (Å²) in [5, 5.41) is 0. The number of rotatable bonds is 11. The van der Waals surface area contributed by atoms with Crippen molar-refractivity contribution < 1.29 is 22.3 Å². The smallest absolute Gasteiger partial charge is 0.134 e. The third-order valence-corrected chi connectivity index (χ3v) is 11.4. The van der Waals surface area contributed by atoms with E-state index in [9.17, 15) is 8.78 Å². The molecule has 0 N–H and O–H groups in total. The molecule has 0 bridgehead atoms. The second-order valence-corrected chi connectivity index (χ2v) is 13.6. The van der Waals surface area contributed by atoms with Gasteiger partial charge in [0, 0.05) is 6.61 Å². The third-order valence-electron chi connectivity index (χ3n) is 11.4. The molecule has 8 unspecified atom stereocenters. The van der Waals surface area contributed by atoms with Gasteiger partial charge in [-0.05, 0) is 125 Å². The minimum atomic E-state index is -1.32. The summed E-state index contributed by atoms with van der Waals surface area (Å²) in [6, 6.07) is 0. The molecule has 0 amide bonds. The lowest BCUT2D eigenvalue weighted by atomic mass is 9.63. The number of ether oxygens (including phenoxy) is 1. The SMILES string of the molecule is CCCCCC1CCC(CCC2CCC(C3CCC(C4CCC(OCC)CC4)C(F)C3F)CC2)C(F)C1F. The number of halogens is 4. The molecule has 222 valence electrons. The Balaban J connectivity index is 1.16. The van der Waals surface area contributed by atoms with E-state index < -0.39 is 24.7 Å². The average molecular weight is 545 g/mol. The van der Waals surface area contributed by atoms with Crippen LogP contribution in [0.2, 0.25) is 0 Å². The summed E-state index contributed by atoms with van der Waals surface area (Å²) in [6.45, 7) is 4.90. The van der Waals surface area contributed by atoms with Crippen LogP contribution in [-0.2, 0) is 4.74 Å². The Morgan fingerprint density at radius 3 is 1.58 bits per heavy atom. The zero-order valence-corrected chi connectivity index (χ0v) is 24.3. The van der Waals surface area contributed by atoms with E-state index in [2.05, 4.69) is 6.92 Å². The van der Waals surface area contributed by atoms with Crippen LogP contribution < -0.4 is 0 Å². The lowest BCUT2D eigenvalue weighted by Crippen LogP contribution is -2.45. The molecule has 4 rings (SSSR count). The molecule has 0 saturated heterocycles. The Hall–Kier alpha value is -0.320. The fraction of sp³-hybridized carbons (Fsp3) is 1.00. The van der Waals surface area contributed by atoms with Crippen molar-refractivity contribution in [3.05, 3.63) is 0 Å². The van der Waals surface area contributed by atoms with Crippen molar-refractivity contribution in [1.82, 2.24) is 0 Å². The van der Waals surface area contributed by atoms with Gasteiger partial charge in [-0.1, -0.05) is 45.4 Å². The molecule has 5 heteroatoms. The molecule has 4 aliphatic carbocycles. The number of unbranched alkanes of at least 4 members (excludes halogenated alkanes) is 2. The molecule has 8 atom stereocenters. The molecule has 0 radical (unpaired) electrons. The van der Waals surface area contributed by atoms with Crippen molar-refractivity contribution in [3.8, 4) is 0 Å². The van der Waals surface area contributed by atoms with Crippen LogP contribution in [0.4, 0.5) is 17.6 Å². The maximum Gasteiger partial charge on any atom is 0.134 e. The standard InChI is InChI=1S/C33H56F4O/c1-3-5-6-7-25-14-15-26(31(35)30(25)34)13-10-22-8-11-23(12-9-22)28-20-21-29(33(37)32(28)36)24-16-18-27(19-17-24)38-4-2/h22-33H,3-21H2,1-2H3. The molecule has 0 aromatic heterocycles. The van der Waals surface area contributed by atoms with Crippen LogP contribution in [0, 0.1) is 41.4 Å². The molecule has 4 fully saturated rings. The normalized spacial score (nSPS) is 44.7. The molecular formula is C33H56F4O. The second-order valence-electron chi connectivity index (χ2n) is 13.6. The highest BCUT2D eigenvalue weighted by Crippen LogP contribution is 2.48. The van der Waals surface area contributed by atoms with Crippen molar-refractivity contribution >= 4 is 0 Å². The monoisotopic (exact) mass is 544 g/mol. The molecule has 4 aliphatic rings. The van der Waals surface area contributed by atoms with Crippen LogP contribution in [0.3, 0.4) is 0 Å². The molecule has 38 heavy (non-hydrogen) atoms. The summed E-state index contributed by atoms with van der Waals surface area (Å²) in [6.07, 6.45) is 12.2. The van der Waals surface area contributed by atoms with Crippen LogP contribution in [-0.4, -0.2) is 37.4 Å². The van der Waals surface area contributed by atoms with Gasteiger partial charge in [0.05, 0.1) is 6.10 Å². The Morgan fingerprint density at radius 2 is 1.05 bits per heavy atom. The van der Waals surface area contributed by atoms with E-state index in [1.165, 1.54) is 0 Å². The average Bonchev–Trinajstić information content (AvgIpc) is 2.93. The lowest BCUT2D eigenvalue weighted by Gasteiger charge is -2.44. The van der Waals surface area contributed by atoms with E-state index in [-0.39, 0.29) is 29.6 Å². The van der Waals surface area contributed by atoms with Gasteiger partial charge in [-0.15, -0.1) is 0 Å². The first-order chi connectivity index (χ1) is 18.4. The Morgan fingerprint density at radius 1 is 0.526 bits per heavy atom. The molecule has 0 heterocycles. The molecule has 0 spiro atoms. The highest BCUT2D eigenvalue weighted by molar-refractivity contribution is 4.96. The summed E-state index contributed by atoms with van der Waals surface area (Å²) in [4.78, 5) is 0. The van der Waals surface area contributed by atoms with Gasteiger partial charge >= 0.3 is 0 Å². The molecule has 0 aromatic carbocycles. The maximum atomic E-state index is 15.4. The van der Waals surface area contributed by atoms with Crippen molar-refractivity contribution in [1.29, 1.82) is 0 Å². The molecule has 0 aliphatic heterocycles. The van der Waals surface area contributed by atoms with Crippen molar-refractivity contribution in [3.63, 3.8) is 0 Å². The van der Waals surface area contributed by atoms with Gasteiger partial charge in [-0.3, -0.25) is 0 Å². The van der Waals surface area contributed by atoms with E-state index >= 15 is 8.78 Å². The predicted octanol–water partition coefficient (Wildman–Crippen LogP) is 10.2. The summed E-state index contributed by atoms with van der Waals surface area (Å²) in [5.74, 6) is 0.670. The Bertz CT molecular complexity index is 659. The summed E-state index contributed by atoms with van der Waals surface area (Å²) >= 11 is 0. The van der Waals surface area contributed by atoms with Gasteiger partial charge in [-0.2, -0.15) is 0 Å². The predicted molar refractivity (Wildman–Crippen MR) is 148 cm³/mol. The van der Waals surface area contributed by atoms with E-state index in [1.807, 2.05) is 6.92 Å². The molecule has 1 nitrogen and oxygen atoms in total. The number of alkyl halides is 4. The lowest BCUT2D eigenvalue weighted by molar-refractivity contribution is -0.0476. The first kappa shape index (κ1) is 30.6.